The Balaban J connectivity index is 1.78. The van der Waals surface area contributed by atoms with E-state index >= 15 is 0 Å². The van der Waals surface area contributed by atoms with E-state index in [9.17, 15) is 4.79 Å². The fraction of sp³-hybridized carbons (Fsp3) is 0.471. The normalized spacial score (nSPS) is 18.0. The van der Waals surface area contributed by atoms with Gasteiger partial charge in [-0.2, -0.15) is 4.98 Å². The zero-order chi connectivity index (χ0) is 15.7. The summed E-state index contributed by atoms with van der Waals surface area (Å²) in [6, 6.07) is 6.24. The fourth-order valence-electron chi connectivity index (χ4n) is 3.03. The first-order valence-corrected chi connectivity index (χ1v) is 7.77. The van der Waals surface area contributed by atoms with Gasteiger partial charge in [-0.05, 0) is 32.4 Å². The molecule has 5 heteroatoms. The van der Waals surface area contributed by atoms with Crippen LogP contribution in [0.15, 0.2) is 22.7 Å². The summed E-state index contributed by atoms with van der Waals surface area (Å²) >= 11 is 0. The van der Waals surface area contributed by atoms with Crippen LogP contribution < -0.4 is 0 Å². The molecule has 1 aliphatic heterocycles. The van der Waals surface area contributed by atoms with E-state index in [2.05, 4.69) is 42.2 Å². The lowest BCUT2D eigenvalue weighted by Crippen LogP contribution is -2.27. The highest BCUT2D eigenvalue weighted by Crippen LogP contribution is 2.28. The molecule has 0 saturated carbocycles. The molecule has 1 aliphatic rings. The Morgan fingerprint density at radius 1 is 1.32 bits per heavy atom. The minimum atomic E-state index is 0.155. The number of likely N-dealkylation sites (tertiary alicyclic amines) is 1. The molecule has 0 spiro atoms. The van der Waals surface area contributed by atoms with Gasteiger partial charge in [0.05, 0.1) is 5.92 Å². The number of hydrogen-bond donors (Lipinski definition) is 0. The minimum Gasteiger partial charge on any atom is -0.342 e. The molecule has 0 aliphatic carbocycles. The maximum atomic E-state index is 11.8. The minimum absolute atomic E-state index is 0.155. The van der Waals surface area contributed by atoms with Crippen molar-refractivity contribution in [3.63, 3.8) is 0 Å². The van der Waals surface area contributed by atoms with E-state index < -0.39 is 0 Å². The van der Waals surface area contributed by atoms with Crippen LogP contribution in [0, 0.1) is 13.8 Å². The number of hydrogen-bond acceptors (Lipinski definition) is 4. The lowest BCUT2D eigenvalue weighted by Gasteiger charge is -2.13. The van der Waals surface area contributed by atoms with Crippen LogP contribution in [0.3, 0.4) is 0 Å². The predicted octanol–water partition coefficient (Wildman–Crippen LogP) is 3.08. The van der Waals surface area contributed by atoms with Gasteiger partial charge in [-0.15, -0.1) is 0 Å². The second kappa shape index (κ2) is 5.91. The molecule has 1 saturated heterocycles. The monoisotopic (exact) mass is 299 g/mol. The second-order valence-electron chi connectivity index (χ2n) is 6.01. The molecule has 1 aromatic carbocycles. The number of nitrogens with zero attached hydrogens (tertiary/aromatic N) is 3. The van der Waals surface area contributed by atoms with Gasteiger partial charge in [-0.25, -0.2) is 0 Å². The Labute approximate surface area is 130 Å². The van der Waals surface area contributed by atoms with Crippen LogP contribution in [-0.2, 0) is 4.79 Å². The highest BCUT2D eigenvalue weighted by atomic mass is 16.5. The molecule has 1 amide bonds. The highest BCUT2D eigenvalue weighted by molar-refractivity contribution is 5.76. The highest BCUT2D eigenvalue weighted by Gasteiger charge is 2.30. The molecule has 0 bridgehead atoms. The molecule has 1 unspecified atom stereocenters. The lowest BCUT2D eigenvalue weighted by atomic mass is 10.1. The summed E-state index contributed by atoms with van der Waals surface area (Å²) in [7, 11) is 0. The number of benzene rings is 1. The predicted molar refractivity (Wildman–Crippen MR) is 83.4 cm³/mol. The van der Waals surface area contributed by atoms with Gasteiger partial charge in [-0.1, -0.05) is 29.3 Å². The van der Waals surface area contributed by atoms with Crippen molar-refractivity contribution in [1.82, 2.24) is 15.0 Å². The molecule has 3 rings (SSSR count). The third-order valence-corrected chi connectivity index (χ3v) is 4.11. The third-order valence-electron chi connectivity index (χ3n) is 4.11. The van der Waals surface area contributed by atoms with Gasteiger partial charge in [-0.3, -0.25) is 4.79 Å². The molecule has 22 heavy (non-hydrogen) atoms. The maximum Gasteiger partial charge on any atom is 0.231 e. The van der Waals surface area contributed by atoms with E-state index in [4.69, 9.17) is 4.52 Å². The lowest BCUT2D eigenvalue weighted by molar-refractivity contribution is -0.129. The molecule has 0 N–H and O–H groups in total. The number of amides is 1. The molecule has 116 valence electrons. The van der Waals surface area contributed by atoms with Crippen LogP contribution in [0.2, 0.25) is 0 Å². The van der Waals surface area contributed by atoms with E-state index in [-0.39, 0.29) is 11.8 Å². The van der Waals surface area contributed by atoms with Crippen molar-refractivity contribution in [2.75, 3.05) is 13.1 Å². The average Bonchev–Trinajstić information content (AvgIpc) is 3.14. The molecule has 5 nitrogen and oxygen atoms in total. The Hall–Kier alpha value is -2.17. The number of aryl methyl sites for hydroxylation is 2. The first-order valence-electron chi connectivity index (χ1n) is 7.77. The van der Waals surface area contributed by atoms with E-state index in [1.807, 2.05) is 11.8 Å². The zero-order valence-electron chi connectivity index (χ0n) is 13.3. The zero-order valence-corrected chi connectivity index (χ0v) is 13.3. The number of carbonyl (C=O) groups is 1. The van der Waals surface area contributed by atoms with Gasteiger partial charge in [0.15, 0.2) is 0 Å². The average molecular weight is 299 g/mol. The summed E-state index contributed by atoms with van der Waals surface area (Å²) in [6.07, 6.45) is 1.44. The summed E-state index contributed by atoms with van der Waals surface area (Å²) in [5.74, 6) is 1.61. The molecule has 1 fully saturated rings. The Morgan fingerprint density at radius 3 is 2.73 bits per heavy atom. The molecule has 1 aromatic heterocycles. The van der Waals surface area contributed by atoms with Crippen molar-refractivity contribution in [2.45, 2.75) is 39.5 Å². The molecule has 2 aromatic rings. The first-order chi connectivity index (χ1) is 10.6. The van der Waals surface area contributed by atoms with Gasteiger partial charge < -0.3 is 9.42 Å². The molecule has 1 atom stereocenters. The summed E-state index contributed by atoms with van der Waals surface area (Å²) < 4.78 is 5.45. The van der Waals surface area contributed by atoms with Crippen molar-refractivity contribution < 1.29 is 9.32 Å². The largest absolute Gasteiger partial charge is 0.342 e. The van der Waals surface area contributed by atoms with Crippen LogP contribution in [0.25, 0.3) is 11.4 Å². The van der Waals surface area contributed by atoms with E-state index in [1.165, 1.54) is 11.1 Å². The summed E-state index contributed by atoms with van der Waals surface area (Å²) in [5, 5.41) is 4.11. The van der Waals surface area contributed by atoms with E-state index in [0.717, 1.165) is 18.5 Å². The summed E-state index contributed by atoms with van der Waals surface area (Å²) in [5.41, 5.74) is 3.34. The third kappa shape index (κ3) is 2.89. The van der Waals surface area contributed by atoms with Gasteiger partial charge in [0, 0.05) is 25.1 Å². The van der Waals surface area contributed by atoms with E-state index in [0.29, 0.717) is 24.7 Å². The molecule has 0 radical (unpaired) electrons. The van der Waals surface area contributed by atoms with Crippen LogP contribution in [-0.4, -0.2) is 34.0 Å². The molecular weight excluding hydrogens is 278 g/mol. The van der Waals surface area contributed by atoms with Gasteiger partial charge in [0.2, 0.25) is 17.6 Å². The number of carbonyl (C=O) groups excluding carboxylic acids is 1. The quantitative estimate of drug-likeness (QED) is 0.874. The van der Waals surface area contributed by atoms with E-state index in [1.54, 1.807) is 0 Å². The van der Waals surface area contributed by atoms with Crippen molar-refractivity contribution in [3.05, 3.63) is 35.2 Å². The van der Waals surface area contributed by atoms with Crippen molar-refractivity contribution >= 4 is 5.91 Å². The second-order valence-corrected chi connectivity index (χ2v) is 6.01. The number of aromatic nitrogens is 2. The topological polar surface area (TPSA) is 59.2 Å². The molecular formula is C17H21N3O2. The van der Waals surface area contributed by atoms with Crippen molar-refractivity contribution in [2.24, 2.45) is 0 Å². The van der Waals surface area contributed by atoms with Gasteiger partial charge >= 0.3 is 0 Å². The van der Waals surface area contributed by atoms with Gasteiger partial charge in [0.25, 0.3) is 0 Å². The van der Waals surface area contributed by atoms with Gasteiger partial charge in [0.1, 0.15) is 0 Å². The van der Waals surface area contributed by atoms with Crippen LogP contribution in [0.5, 0.6) is 0 Å². The molecule has 2 heterocycles. The maximum absolute atomic E-state index is 11.8. The standard InChI is InChI=1S/C17H21N3O2/c1-4-15(21)20-6-5-13(10-20)17-18-16(19-22-17)14-8-11(2)7-12(3)9-14/h7-9,13H,4-6,10H2,1-3H3. The van der Waals surface area contributed by atoms with Crippen LogP contribution >= 0.6 is 0 Å². The Morgan fingerprint density at radius 2 is 2.05 bits per heavy atom. The number of rotatable bonds is 3. The summed E-state index contributed by atoms with van der Waals surface area (Å²) in [4.78, 5) is 18.2. The summed E-state index contributed by atoms with van der Waals surface area (Å²) in [6.45, 7) is 7.46. The first kappa shape index (κ1) is 14.8. The van der Waals surface area contributed by atoms with Crippen molar-refractivity contribution in [1.29, 1.82) is 0 Å². The van der Waals surface area contributed by atoms with Crippen LogP contribution in [0.4, 0.5) is 0 Å². The fourth-order valence-corrected chi connectivity index (χ4v) is 3.03. The Bertz CT molecular complexity index is 673. The Kier molecular flexibility index (Phi) is 3.96. The van der Waals surface area contributed by atoms with Crippen LogP contribution in [0.1, 0.15) is 42.7 Å². The smallest absolute Gasteiger partial charge is 0.231 e. The van der Waals surface area contributed by atoms with Crippen molar-refractivity contribution in [3.8, 4) is 11.4 Å². The SMILES string of the molecule is CCC(=O)N1CCC(c2nc(-c3cc(C)cc(C)c3)no2)C1.